The molecule has 258 valence electrons. The summed E-state index contributed by atoms with van der Waals surface area (Å²) in [7, 11) is 0. The predicted molar refractivity (Wildman–Crippen MR) is 222 cm³/mol. The van der Waals surface area contributed by atoms with Crippen molar-refractivity contribution in [2.24, 2.45) is 0 Å². The van der Waals surface area contributed by atoms with Crippen molar-refractivity contribution in [1.29, 1.82) is 0 Å². The lowest BCUT2D eigenvalue weighted by Gasteiger charge is -2.36. The predicted octanol–water partition coefficient (Wildman–Crippen LogP) is 13.1. The summed E-state index contributed by atoms with van der Waals surface area (Å²) in [6.45, 7) is 0. The Labute approximate surface area is 322 Å². The summed E-state index contributed by atoms with van der Waals surface area (Å²) in [5.74, 6) is 1.78. The van der Waals surface area contributed by atoms with E-state index >= 15 is 0 Å². The highest BCUT2D eigenvalue weighted by molar-refractivity contribution is 5.90. The minimum Gasteiger partial charge on any atom is -0.208 e. The van der Waals surface area contributed by atoms with E-state index in [0.29, 0.717) is 36.7 Å². The van der Waals surface area contributed by atoms with Crippen LogP contribution in [-0.4, -0.2) is 15.0 Å². The van der Waals surface area contributed by atoms with Crippen LogP contribution in [0.5, 0.6) is 0 Å². The molecular formula is C51H39N3. The van der Waals surface area contributed by atoms with Gasteiger partial charge in [-0.25, -0.2) is 15.0 Å². The lowest BCUT2D eigenvalue weighted by molar-refractivity contribution is 0.353. The fourth-order valence-electron chi connectivity index (χ4n) is 8.14. The third-order valence-corrected chi connectivity index (χ3v) is 10.7. The molecule has 0 atom stereocenters. The molecule has 0 saturated heterocycles. The van der Waals surface area contributed by atoms with Crippen LogP contribution < -0.4 is 0 Å². The van der Waals surface area contributed by atoms with Gasteiger partial charge in [-0.2, -0.15) is 0 Å². The van der Waals surface area contributed by atoms with Crippen molar-refractivity contribution in [2.75, 3.05) is 0 Å². The molecule has 1 fully saturated rings. The number of fused-ring (bicyclic) bond motifs is 5. The van der Waals surface area contributed by atoms with E-state index in [1.165, 1.54) is 0 Å². The Bertz CT molecular complexity index is 2750. The van der Waals surface area contributed by atoms with Crippen molar-refractivity contribution in [1.82, 2.24) is 15.0 Å². The van der Waals surface area contributed by atoms with Crippen LogP contribution in [0.3, 0.4) is 0 Å². The normalized spacial score (nSPS) is 17.0. The standard InChI is InChI=1S/C51H39N3/c1-5-16-35(17-6-1)42-28-26-38(39-27-29-44-43-24-11-12-25-46(43)51(47(44)34-39)30-13-4-14-31-51)33-45(42)40-22-15-23-41(32-40)50-53-48(36-18-7-2-8-19-36)52-49(54-50)37-20-9-3-10-21-37/h1-3,5-12,15-29,32-34H,4,13-14,30-31H2/i30D2,31D2. The second-order valence-corrected chi connectivity index (χ2v) is 14.0. The number of aromatic nitrogens is 3. The lowest BCUT2D eigenvalue weighted by Crippen LogP contribution is -2.28. The van der Waals surface area contributed by atoms with E-state index in [1.54, 1.807) is 0 Å². The monoisotopic (exact) mass is 697 g/mol. The summed E-state index contributed by atoms with van der Waals surface area (Å²) in [6.07, 6.45) is -2.45. The SMILES string of the molecule is [2H]C1([2H])CCCC([2H])([2H])C12c1ccccc1-c1ccc(-c3ccc(-c4ccccc4)c(-c4cccc(-c5nc(-c6ccccc6)nc(-c6ccccc6)n5)c4)c3)cc12. The molecule has 1 spiro atoms. The Morgan fingerprint density at radius 2 is 0.833 bits per heavy atom. The summed E-state index contributed by atoms with van der Waals surface area (Å²) >= 11 is 0. The number of nitrogens with zero attached hydrogens (tertiary/aromatic N) is 3. The summed E-state index contributed by atoms with van der Waals surface area (Å²) in [5.41, 5.74) is 10.6. The molecule has 54 heavy (non-hydrogen) atoms. The van der Waals surface area contributed by atoms with Crippen LogP contribution >= 0.6 is 0 Å². The minimum atomic E-state index is -1.78. The second-order valence-electron chi connectivity index (χ2n) is 14.0. The van der Waals surface area contributed by atoms with Gasteiger partial charge in [0.05, 0.1) is 0 Å². The Hall–Kier alpha value is -6.45. The van der Waals surface area contributed by atoms with Crippen LogP contribution in [0.15, 0.2) is 176 Å². The topological polar surface area (TPSA) is 38.7 Å². The first-order valence-electron chi connectivity index (χ1n) is 20.7. The van der Waals surface area contributed by atoms with Gasteiger partial charge in [-0.05, 0) is 86.6 Å². The maximum Gasteiger partial charge on any atom is 0.164 e. The van der Waals surface area contributed by atoms with Crippen LogP contribution in [0.4, 0.5) is 0 Å². The Morgan fingerprint density at radius 3 is 1.50 bits per heavy atom. The average Bonchev–Trinajstić information content (AvgIpc) is 3.58. The van der Waals surface area contributed by atoms with E-state index < -0.39 is 18.2 Å². The highest BCUT2D eigenvalue weighted by atomic mass is 15.0. The zero-order chi connectivity index (χ0) is 39.5. The molecule has 1 aromatic heterocycles. The quantitative estimate of drug-likeness (QED) is 0.174. The number of benzene rings is 7. The molecule has 2 aliphatic rings. The van der Waals surface area contributed by atoms with Crippen LogP contribution in [-0.2, 0) is 5.41 Å². The molecule has 3 heteroatoms. The fraction of sp³-hybridized carbons (Fsp3) is 0.118. The third kappa shape index (κ3) is 5.64. The third-order valence-electron chi connectivity index (χ3n) is 10.7. The first-order valence-corrected chi connectivity index (χ1v) is 18.7. The number of hydrogen-bond donors (Lipinski definition) is 0. The number of rotatable bonds is 6. The second kappa shape index (κ2) is 13.5. The van der Waals surface area contributed by atoms with Crippen molar-refractivity contribution >= 4 is 0 Å². The van der Waals surface area contributed by atoms with Gasteiger partial charge in [0.15, 0.2) is 17.5 Å². The van der Waals surface area contributed by atoms with Gasteiger partial charge >= 0.3 is 0 Å². The van der Waals surface area contributed by atoms with Crippen LogP contribution in [0.2, 0.25) is 0 Å². The van der Waals surface area contributed by atoms with Gasteiger partial charge < -0.3 is 0 Å². The largest absolute Gasteiger partial charge is 0.208 e. The smallest absolute Gasteiger partial charge is 0.164 e. The molecule has 8 aromatic rings. The molecule has 1 heterocycles. The van der Waals surface area contributed by atoms with Crippen LogP contribution in [0.25, 0.3) is 78.7 Å². The minimum absolute atomic E-state index is 0.303. The molecule has 7 aromatic carbocycles. The van der Waals surface area contributed by atoms with Crippen molar-refractivity contribution in [3.05, 3.63) is 187 Å². The summed E-state index contributed by atoms with van der Waals surface area (Å²) in [4.78, 5) is 14.9. The summed E-state index contributed by atoms with van der Waals surface area (Å²) in [6, 6.07) is 59.2. The molecular weight excluding hydrogens is 655 g/mol. The summed E-state index contributed by atoms with van der Waals surface area (Å²) in [5, 5.41) is 0. The molecule has 0 aliphatic heterocycles. The summed E-state index contributed by atoms with van der Waals surface area (Å²) < 4.78 is 37.8. The first kappa shape index (κ1) is 28.1. The Balaban J connectivity index is 1.14. The van der Waals surface area contributed by atoms with E-state index in [0.717, 1.165) is 72.3 Å². The van der Waals surface area contributed by atoms with Crippen molar-refractivity contribution in [3.8, 4) is 78.7 Å². The van der Waals surface area contributed by atoms with E-state index in [2.05, 4.69) is 60.7 Å². The Morgan fingerprint density at radius 1 is 0.333 bits per heavy atom. The molecule has 3 nitrogen and oxygen atoms in total. The van der Waals surface area contributed by atoms with E-state index in [9.17, 15) is 5.48 Å². The molecule has 0 radical (unpaired) electrons. The van der Waals surface area contributed by atoms with Gasteiger partial charge in [-0.1, -0.05) is 177 Å². The highest BCUT2D eigenvalue weighted by Crippen LogP contribution is 2.56. The zero-order valence-electron chi connectivity index (χ0n) is 33.7. The highest BCUT2D eigenvalue weighted by Gasteiger charge is 2.43. The van der Waals surface area contributed by atoms with Crippen molar-refractivity contribution in [3.63, 3.8) is 0 Å². The molecule has 0 N–H and O–H groups in total. The van der Waals surface area contributed by atoms with Gasteiger partial charge in [0.25, 0.3) is 0 Å². The molecule has 2 aliphatic carbocycles. The average molecular weight is 698 g/mol. The van der Waals surface area contributed by atoms with Crippen molar-refractivity contribution < 1.29 is 5.48 Å². The van der Waals surface area contributed by atoms with Crippen LogP contribution in [0.1, 0.15) is 48.6 Å². The molecule has 1 saturated carbocycles. The van der Waals surface area contributed by atoms with Gasteiger partial charge in [0.2, 0.25) is 0 Å². The first-order chi connectivity index (χ1) is 28.2. The van der Waals surface area contributed by atoms with E-state index in [4.69, 9.17) is 15.0 Å². The van der Waals surface area contributed by atoms with Crippen LogP contribution in [0, 0.1) is 0 Å². The van der Waals surface area contributed by atoms with E-state index in [-0.39, 0.29) is 0 Å². The number of hydrogen-bond acceptors (Lipinski definition) is 3. The lowest BCUT2D eigenvalue weighted by atomic mass is 9.67. The zero-order valence-corrected chi connectivity index (χ0v) is 29.7. The van der Waals surface area contributed by atoms with Gasteiger partial charge in [-0.15, -0.1) is 0 Å². The fourth-order valence-corrected chi connectivity index (χ4v) is 8.14. The maximum absolute atomic E-state index is 9.46. The molecule has 0 unspecified atom stereocenters. The van der Waals surface area contributed by atoms with Crippen molar-refractivity contribution in [2.45, 2.75) is 37.4 Å². The Kier molecular flexibility index (Phi) is 7.03. The van der Waals surface area contributed by atoms with E-state index in [1.807, 2.05) is 115 Å². The molecule has 0 amide bonds. The van der Waals surface area contributed by atoms with Gasteiger partial charge in [-0.3, -0.25) is 0 Å². The van der Waals surface area contributed by atoms with Gasteiger partial charge in [0, 0.05) is 27.6 Å². The maximum atomic E-state index is 9.46. The molecule has 10 rings (SSSR count). The molecule has 0 bridgehead atoms. The van der Waals surface area contributed by atoms with Gasteiger partial charge in [0.1, 0.15) is 0 Å².